The highest BCUT2D eigenvalue weighted by Gasteiger charge is 2.12. The first-order valence-corrected chi connectivity index (χ1v) is 5.54. The highest BCUT2D eigenvalue weighted by molar-refractivity contribution is 5.92. The van der Waals surface area contributed by atoms with Gasteiger partial charge in [-0.1, -0.05) is 12.1 Å². The molecule has 6 nitrogen and oxygen atoms in total. The molecule has 0 aliphatic carbocycles. The van der Waals surface area contributed by atoms with Crippen LogP contribution in [0.15, 0.2) is 30.6 Å². The fourth-order valence-electron chi connectivity index (χ4n) is 1.61. The summed E-state index contributed by atoms with van der Waals surface area (Å²) in [4.78, 5) is 17.4. The second-order valence-corrected chi connectivity index (χ2v) is 4.09. The Morgan fingerprint density at radius 3 is 2.89 bits per heavy atom. The molecule has 0 spiro atoms. The maximum absolute atomic E-state index is 12.0. The first-order valence-electron chi connectivity index (χ1n) is 5.54. The van der Waals surface area contributed by atoms with Gasteiger partial charge >= 0.3 is 0 Å². The number of nitrogens with two attached hydrogens (primary N) is 1. The smallest absolute Gasteiger partial charge is 0.248 e. The summed E-state index contributed by atoms with van der Waals surface area (Å²) in [6, 6.07) is 7.75. The number of carbonyl (C=O) groups is 1. The van der Waals surface area contributed by atoms with Crippen LogP contribution in [-0.2, 0) is 11.3 Å². The molecule has 2 rings (SSSR count). The van der Waals surface area contributed by atoms with E-state index in [4.69, 9.17) is 5.73 Å². The summed E-state index contributed by atoms with van der Waals surface area (Å²) in [7, 11) is 1.73. The normalized spacial score (nSPS) is 10.3. The summed E-state index contributed by atoms with van der Waals surface area (Å²) < 4.78 is 1.42. The third-order valence-electron chi connectivity index (χ3n) is 2.61. The fourth-order valence-corrected chi connectivity index (χ4v) is 1.61. The fraction of sp³-hybridized carbons (Fsp3) is 0.250. The molecule has 0 radical (unpaired) electrons. The van der Waals surface area contributed by atoms with Crippen LogP contribution in [0, 0.1) is 6.92 Å². The lowest BCUT2D eigenvalue weighted by atomic mass is 10.2. The minimum absolute atomic E-state index is 0.0782. The second kappa shape index (κ2) is 4.87. The molecule has 0 saturated heterocycles. The van der Waals surface area contributed by atoms with Crippen molar-refractivity contribution in [1.29, 1.82) is 0 Å². The molecule has 1 amide bonds. The number of nitrogen functional groups attached to an aromatic ring is 1. The van der Waals surface area contributed by atoms with Crippen LogP contribution in [0.4, 0.5) is 11.6 Å². The number of carbonyl (C=O) groups excluding carboxylic acids is 1. The van der Waals surface area contributed by atoms with E-state index in [9.17, 15) is 4.79 Å². The van der Waals surface area contributed by atoms with Gasteiger partial charge in [-0.15, -0.1) is 5.10 Å². The van der Waals surface area contributed by atoms with Crippen LogP contribution >= 0.6 is 0 Å². The number of benzene rings is 1. The number of aryl methyl sites for hydroxylation is 1. The van der Waals surface area contributed by atoms with Crippen LogP contribution in [0.3, 0.4) is 0 Å². The molecular weight excluding hydrogens is 230 g/mol. The summed E-state index contributed by atoms with van der Waals surface area (Å²) in [6.45, 7) is 2.11. The largest absolute Gasteiger partial charge is 0.367 e. The van der Waals surface area contributed by atoms with Gasteiger partial charge < -0.3 is 10.6 Å². The number of rotatable bonds is 3. The first-order chi connectivity index (χ1) is 8.56. The summed E-state index contributed by atoms with van der Waals surface area (Å²) in [5.41, 5.74) is 7.36. The maximum atomic E-state index is 12.0. The van der Waals surface area contributed by atoms with E-state index in [0.717, 1.165) is 11.3 Å². The van der Waals surface area contributed by atoms with E-state index in [-0.39, 0.29) is 18.4 Å². The summed E-state index contributed by atoms with van der Waals surface area (Å²) >= 11 is 0. The van der Waals surface area contributed by atoms with E-state index in [1.165, 1.54) is 11.0 Å². The first kappa shape index (κ1) is 12.1. The lowest BCUT2D eigenvalue weighted by molar-refractivity contribution is -0.119. The molecule has 18 heavy (non-hydrogen) atoms. The van der Waals surface area contributed by atoms with Gasteiger partial charge in [0.2, 0.25) is 11.9 Å². The summed E-state index contributed by atoms with van der Waals surface area (Å²) in [5.74, 6) is 0.0894. The van der Waals surface area contributed by atoms with Crippen molar-refractivity contribution in [3.63, 3.8) is 0 Å². The van der Waals surface area contributed by atoms with E-state index in [0.29, 0.717) is 0 Å². The summed E-state index contributed by atoms with van der Waals surface area (Å²) in [6.07, 6.45) is 1.44. The van der Waals surface area contributed by atoms with Crippen molar-refractivity contribution in [2.24, 2.45) is 0 Å². The highest BCUT2D eigenvalue weighted by Crippen LogP contribution is 2.14. The van der Waals surface area contributed by atoms with E-state index in [1.807, 2.05) is 31.2 Å². The van der Waals surface area contributed by atoms with Crippen molar-refractivity contribution in [2.45, 2.75) is 13.5 Å². The van der Waals surface area contributed by atoms with Gasteiger partial charge in [-0.3, -0.25) is 4.79 Å². The molecule has 0 aliphatic heterocycles. The minimum atomic E-state index is -0.0782. The molecule has 0 unspecified atom stereocenters. The second-order valence-electron chi connectivity index (χ2n) is 4.09. The topological polar surface area (TPSA) is 77.0 Å². The van der Waals surface area contributed by atoms with Crippen LogP contribution in [-0.4, -0.2) is 27.7 Å². The van der Waals surface area contributed by atoms with Crippen LogP contribution < -0.4 is 10.6 Å². The number of likely N-dealkylation sites (N-methyl/N-ethyl adjacent to an activating group) is 1. The van der Waals surface area contributed by atoms with Gasteiger partial charge in [0.1, 0.15) is 12.9 Å². The molecule has 0 atom stereocenters. The third-order valence-corrected chi connectivity index (χ3v) is 2.61. The molecule has 0 saturated carbocycles. The Bertz CT molecular complexity index is 563. The number of hydrogen-bond acceptors (Lipinski definition) is 4. The molecule has 0 bridgehead atoms. The molecule has 0 fully saturated rings. The Hall–Kier alpha value is -2.37. The van der Waals surface area contributed by atoms with Gasteiger partial charge in [0, 0.05) is 12.7 Å². The molecule has 94 valence electrons. The molecule has 2 N–H and O–H groups in total. The quantitative estimate of drug-likeness (QED) is 0.869. The molecule has 1 heterocycles. The molecule has 1 aromatic carbocycles. The zero-order chi connectivity index (χ0) is 13.1. The average Bonchev–Trinajstić information content (AvgIpc) is 2.73. The van der Waals surface area contributed by atoms with E-state index in [2.05, 4.69) is 10.1 Å². The van der Waals surface area contributed by atoms with Crippen LogP contribution in [0.5, 0.6) is 0 Å². The van der Waals surface area contributed by atoms with Crippen LogP contribution in [0.2, 0.25) is 0 Å². The Balaban J connectivity index is 2.09. The Kier molecular flexibility index (Phi) is 3.27. The van der Waals surface area contributed by atoms with E-state index >= 15 is 0 Å². The standard InChI is InChI=1S/C12H15N5O/c1-9-4-3-5-10(6-9)16(2)11(18)7-17-8-14-12(13)15-17/h3-6,8H,7H2,1-2H3,(H2,13,15). The predicted molar refractivity (Wildman–Crippen MR) is 69.0 cm³/mol. The van der Waals surface area contributed by atoms with E-state index < -0.39 is 0 Å². The van der Waals surface area contributed by atoms with Gasteiger partial charge in [0.15, 0.2) is 0 Å². The Morgan fingerprint density at radius 2 is 2.28 bits per heavy atom. The van der Waals surface area contributed by atoms with E-state index in [1.54, 1.807) is 11.9 Å². The number of amides is 1. The zero-order valence-electron chi connectivity index (χ0n) is 10.4. The minimum Gasteiger partial charge on any atom is -0.367 e. The number of hydrogen-bond donors (Lipinski definition) is 1. The Labute approximate surface area is 105 Å². The van der Waals surface area contributed by atoms with Gasteiger partial charge in [0.25, 0.3) is 0 Å². The van der Waals surface area contributed by atoms with Gasteiger partial charge in [-0.25, -0.2) is 9.67 Å². The maximum Gasteiger partial charge on any atom is 0.248 e. The number of aromatic nitrogens is 3. The highest BCUT2D eigenvalue weighted by atomic mass is 16.2. The van der Waals surface area contributed by atoms with Gasteiger partial charge in [0.05, 0.1) is 0 Å². The van der Waals surface area contributed by atoms with Crippen molar-refractivity contribution in [3.8, 4) is 0 Å². The average molecular weight is 245 g/mol. The van der Waals surface area contributed by atoms with Crippen molar-refractivity contribution in [2.75, 3.05) is 17.7 Å². The van der Waals surface area contributed by atoms with Crippen LogP contribution in [0.25, 0.3) is 0 Å². The van der Waals surface area contributed by atoms with Crippen molar-refractivity contribution in [3.05, 3.63) is 36.2 Å². The monoisotopic (exact) mass is 245 g/mol. The molecule has 0 aliphatic rings. The van der Waals surface area contributed by atoms with Gasteiger partial charge in [-0.2, -0.15) is 0 Å². The summed E-state index contributed by atoms with van der Waals surface area (Å²) in [5, 5.41) is 3.88. The van der Waals surface area contributed by atoms with Crippen molar-refractivity contribution >= 4 is 17.5 Å². The zero-order valence-corrected chi connectivity index (χ0v) is 10.4. The number of anilines is 2. The Morgan fingerprint density at radius 1 is 1.50 bits per heavy atom. The third kappa shape index (κ3) is 2.65. The van der Waals surface area contributed by atoms with Gasteiger partial charge in [-0.05, 0) is 24.6 Å². The lowest BCUT2D eigenvalue weighted by Crippen LogP contribution is -2.30. The molecule has 1 aromatic heterocycles. The predicted octanol–water partition coefficient (Wildman–Crippen LogP) is 0.832. The van der Waals surface area contributed by atoms with Crippen molar-refractivity contribution < 1.29 is 4.79 Å². The molecule has 6 heteroatoms. The van der Waals surface area contributed by atoms with Crippen molar-refractivity contribution in [1.82, 2.24) is 14.8 Å². The SMILES string of the molecule is Cc1cccc(N(C)C(=O)Cn2cnc(N)n2)c1. The lowest BCUT2D eigenvalue weighted by Gasteiger charge is -2.17. The van der Waals surface area contributed by atoms with Crippen LogP contribution in [0.1, 0.15) is 5.56 Å². The molecular formula is C12H15N5O. The number of nitrogens with zero attached hydrogens (tertiary/aromatic N) is 4. The molecule has 2 aromatic rings.